The van der Waals surface area contributed by atoms with Gasteiger partial charge in [0.15, 0.2) is 0 Å². The summed E-state index contributed by atoms with van der Waals surface area (Å²) in [6.45, 7) is 6.79. The SMILES string of the molecule is CCCCCCCCCCCC(=O)OC(CCCCCC)CCCCCCCCC. The van der Waals surface area contributed by atoms with E-state index in [1.807, 2.05) is 0 Å². The summed E-state index contributed by atoms with van der Waals surface area (Å²) < 4.78 is 5.91. The smallest absolute Gasteiger partial charge is 0.306 e. The Morgan fingerprint density at radius 3 is 1.27 bits per heavy atom. The molecule has 0 radical (unpaired) electrons. The molecule has 0 aliphatic carbocycles. The summed E-state index contributed by atoms with van der Waals surface area (Å²) in [5.41, 5.74) is 0. The van der Waals surface area contributed by atoms with Gasteiger partial charge in [0, 0.05) is 6.42 Å². The van der Waals surface area contributed by atoms with Crippen LogP contribution in [0.3, 0.4) is 0 Å². The number of esters is 1. The molecule has 0 amide bonds. The van der Waals surface area contributed by atoms with Crippen LogP contribution in [0.5, 0.6) is 0 Å². The van der Waals surface area contributed by atoms with Gasteiger partial charge in [-0.3, -0.25) is 4.79 Å². The van der Waals surface area contributed by atoms with Crippen molar-refractivity contribution in [3.63, 3.8) is 0 Å². The molecule has 0 aliphatic heterocycles. The van der Waals surface area contributed by atoms with Gasteiger partial charge < -0.3 is 4.74 Å². The molecule has 1 unspecified atom stereocenters. The molecule has 0 aromatic carbocycles. The molecule has 30 heavy (non-hydrogen) atoms. The zero-order chi connectivity index (χ0) is 22.1. The Morgan fingerprint density at radius 1 is 0.500 bits per heavy atom. The second-order valence-electron chi connectivity index (χ2n) is 9.45. The topological polar surface area (TPSA) is 26.3 Å². The number of carbonyl (C=O) groups excluding carboxylic acids is 1. The minimum Gasteiger partial charge on any atom is -0.462 e. The molecule has 2 nitrogen and oxygen atoms in total. The van der Waals surface area contributed by atoms with Crippen LogP contribution in [0, 0.1) is 0 Å². The summed E-state index contributed by atoms with van der Waals surface area (Å²) in [4.78, 5) is 12.3. The van der Waals surface area contributed by atoms with Crippen LogP contribution in [-0.4, -0.2) is 12.1 Å². The summed E-state index contributed by atoms with van der Waals surface area (Å²) in [6.07, 6.45) is 28.9. The van der Waals surface area contributed by atoms with Crippen molar-refractivity contribution in [3.8, 4) is 0 Å². The lowest BCUT2D eigenvalue weighted by molar-refractivity contribution is -0.150. The van der Waals surface area contributed by atoms with Crippen molar-refractivity contribution in [3.05, 3.63) is 0 Å². The normalized spacial score (nSPS) is 12.2. The maximum atomic E-state index is 12.3. The fraction of sp³-hybridized carbons (Fsp3) is 0.964. The van der Waals surface area contributed by atoms with Crippen molar-refractivity contribution in [1.29, 1.82) is 0 Å². The Bertz CT molecular complexity index is 340. The average Bonchev–Trinajstić information content (AvgIpc) is 2.74. The summed E-state index contributed by atoms with van der Waals surface area (Å²) >= 11 is 0. The quantitative estimate of drug-likeness (QED) is 0.114. The van der Waals surface area contributed by atoms with Crippen LogP contribution < -0.4 is 0 Å². The van der Waals surface area contributed by atoms with Gasteiger partial charge in [-0.1, -0.05) is 130 Å². The van der Waals surface area contributed by atoms with E-state index in [0.717, 1.165) is 19.3 Å². The van der Waals surface area contributed by atoms with Crippen molar-refractivity contribution in [1.82, 2.24) is 0 Å². The zero-order valence-electron chi connectivity index (χ0n) is 21.2. The van der Waals surface area contributed by atoms with Gasteiger partial charge in [-0.15, -0.1) is 0 Å². The number of carbonyl (C=O) groups is 1. The maximum absolute atomic E-state index is 12.3. The summed E-state index contributed by atoms with van der Waals surface area (Å²) in [5.74, 6) is 0.0568. The van der Waals surface area contributed by atoms with E-state index in [9.17, 15) is 4.79 Å². The predicted molar refractivity (Wildman–Crippen MR) is 133 cm³/mol. The molecule has 0 saturated heterocycles. The molecule has 0 aromatic heterocycles. The molecule has 180 valence electrons. The fourth-order valence-corrected chi connectivity index (χ4v) is 4.21. The zero-order valence-corrected chi connectivity index (χ0v) is 21.2. The minimum atomic E-state index is 0.0568. The Balaban J connectivity index is 3.87. The standard InChI is InChI=1S/C28H56O2/c1-4-7-10-13-15-16-18-20-23-26-28(29)30-27(24-21-12-9-6-3)25-22-19-17-14-11-8-5-2/h27H,4-26H2,1-3H3. The van der Waals surface area contributed by atoms with Crippen LogP contribution in [0.25, 0.3) is 0 Å². The Hall–Kier alpha value is -0.530. The van der Waals surface area contributed by atoms with Crippen molar-refractivity contribution >= 4 is 5.97 Å². The van der Waals surface area contributed by atoms with Gasteiger partial charge in [0.1, 0.15) is 6.10 Å². The highest BCUT2D eigenvalue weighted by molar-refractivity contribution is 5.69. The van der Waals surface area contributed by atoms with Crippen LogP contribution in [0.1, 0.15) is 168 Å². The van der Waals surface area contributed by atoms with E-state index in [1.54, 1.807) is 0 Å². The predicted octanol–water partition coefficient (Wildman–Crippen LogP) is 9.93. The van der Waals surface area contributed by atoms with Crippen molar-refractivity contribution in [2.75, 3.05) is 0 Å². The van der Waals surface area contributed by atoms with E-state index in [2.05, 4.69) is 20.8 Å². The van der Waals surface area contributed by atoms with Crippen LogP contribution in [0.4, 0.5) is 0 Å². The molecule has 0 aliphatic rings. The van der Waals surface area contributed by atoms with Gasteiger partial charge in [-0.25, -0.2) is 0 Å². The van der Waals surface area contributed by atoms with E-state index in [-0.39, 0.29) is 12.1 Å². The second-order valence-corrected chi connectivity index (χ2v) is 9.45. The van der Waals surface area contributed by atoms with Gasteiger partial charge in [0.05, 0.1) is 0 Å². The van der Waals surface area contributed by atoms with Crippen molar-refractivity contribution < 1.29 is 9.53 Å². The first-order valence-electron chi connectivity index (χ1n) is 13.9. The molecular formula is C28H56O2. The van der Waals surface area contributed by atoms with E-state index in [0.29, 0.717) is 6.42 Å². The highest BCUT2D eigenvalue weighted by Gasteiger charge is 2.14. The van der Waals surface area contributed by atoms with Crippen LogP contribution in [0.2, 0.25) is 0 Å². The van der Waals surface area contributed by atoms with E-state index in [1.165, 1.54) is 122 Å². The van der Waals surface area contributed by atoms with Gasteiger partial charge in [0.25, 0.3) is 0 Å². The fourth-order valence-electron chi connectivity index (χ4n) is 4.21. The molecule has 0 spiro atoms. The minimum absolute atomic E-state index is 0.0568. The van der Waals surface area contributed by atoms with Crippen LogP contribution >= 0.6 is 0 Å². The summed E-state index contributed by atoms with van der Waals surface area (Å²) in [5, 5.41) is 0. The van der Waals surface area contributed by atoms with E-state index < -0.39 is 0 Å². The molecule has 0 fully saturated rings. The summed E-state index contributed by atoms with van der Waals surface area (Å²) in [6, 6.07) is 0. The van der Waals surface area contributed by atoms with Crippen molar-refractivity contribution in [2.45, 2.75) is 175 Å². The number of unbranched alkanes of at least 4 members (excludes halogenated alkanes) is 17. The maximum Gasteiger partial charge on any atom is 0.306 e. The third-order valence-electron chi connectivity index (χ3n) is 6.29. The van der Waals surface area contributed by atoms with Gasteiger partial charge in [-0.05, 0) is 32.1 Å². The lowest BCUT2D eigenvalue weighted by Crippen LogP contribution is -2.18. The van der Waals surface area contributed by atoms with Crippen molar-refractivity contribution in [2.24, 2.45) is 0 Å². The molecular weight excluding hydrogens is 368 g/mol. The average molecular weight is 425 g/mol. The van der Waals surface area contributed by atoms with E-state index >= 15 is 0 Å². The Kier molecular flexibility index (Phi) is 24.3. The van der Waals surface area contributed by atoms with Crippen LogP contribution in [0.15, 0.2) is 0 Å². The Morgan fingerprint density at radius 2 is 0.833 bits per heavy atom. The first-order valence-corrected chi connectivity index (χ1v) is 13.9. The van der Waals surface area contributed by atoms with Crippen LogP contribution in [-0.2, 0) is 9.53 Å². The highest BCUT2D eigenvalue weighted by atomic mass is 16.5. The molecule has 0 bridgehead atoms. The highest BCUT2D eigenvalue weighted by Crippen LogP contribution is 2.18. The molecule has 0 saturated carbocycles. The van der Waals surface area contributed by atoms with Gasteiger partial charge in [0.2, 0.25) is 0 Å². The third kappa shape index (κ3) is 22.2. The third-order valence-corrected chi connectivity index (χ3v) is 6.29. The molecule has 0 aromatic rings. The lowest BCUT2D eigenvalue weighted by Gasteiger charge is -2.18. The number of rotatable bonds is 24. The van der Waals surface area contributed by atoms with Gasteiger partial charge >= 0.3 is 5.97 Å². The molecule has 0 N–H and O–H groups in total. The number of hydrogen-bond acceptors (Lipinski definition) is 2. The van der Waals surface area contributed by atoms with Gasteiger partial charge in [-0.2, -0.15) is 0 Å². The first-order chi connectivity index (χ1) is 14.7. The monoisotopic (exact) mass is 424 g/mol. The molecule has 1 atom stereocenters. The number of ether oxygens (including phenoxy) is 1. The number of hydrogen-bond donors (Lipinski definition) is 0. The molecule has 2 heteroatoms. The largest absolute Gasteiger partial charge is 0.462 e. The summed E-state index contributed by atoms with van der Waals surface area (Å²) in [7, 11) is 0. The first kappa shape index (κ1) is 29.5. The van der Waals surface area contributed by atoms with E-state index in [4.69, 9.17) is 4.74 Å². The lowest BCUT2D eigenvalue weighted by atomic mass is 10.0. The second kappa shape index (κ2) is 24.7. The molecule has 0 rings (SSSR count). The molecule has 0 heterocycles. The Labute approximate surface area is 190 Å².